The molecular formula is C12H20N5O8P. The molecule has 1 fully saturated rings. The highest BCUT2D eigenvalue weighted by Gasteiger charge is 2.51. The third-order valence-corrected chi connectivity index (χ3v) is 4.90. The zero-order chi connectivity index (χ0) is 19.4. The number of rotatable bonds is 4. The Kier molecular flexibility index (Phi) is 4.73. The summed E-state index contributed by atoms with van der Waals surface area (Å²) in [5, 5.41) is 19.9. The number of phosphoric ester groups is 1. The van der Waals surface area contributed by atoms with Crippen molar-refractivity contribution < 1.29 is 33.8 Å². The quantitative estimate of drug-likeness (QED) is 0.330. The minimum Gasteiger partial charge on any atom is -0.394 e. The molecule has 3 rings (SSSR count). The number of nitrogen functional groups attached to an aromatic ring is 1. The second kappa shape index (κ2) is 6.46. The highest BCUT2D eigenvalue weighted by atomic mass is 31.2. The lowest BCUT2D eigenvalue weighted by atomic mass is 10.1. The number of fused-ring (bicyclic) bond motifs is 1. The lowest BCUT2D eigenvalue weighted by molar-refractivity contribution is -0.0218. The first-order valence-corrected chi connectivity index (χ1v) is 9.10. The van der Waals surface area contributed by atoms with Crippen molar-refractivity contribution in [2.24, 2.45) is 7.05 Å². The van der Waals surface area contributed by atoms with Gasteiger partial charge < -0.3 is 40.3 Å². The Labute approximate surface area is 147 Å². The van der Waals surface area contributed by atoms with Crippen LogP contribution in [0.5, 0.6) is 0 Å². The molecule has 2 aliphatic rings. The molecule has 0 aliphatic carbocycles. The van der Waals surface area contributed by atoms with Gasteiger partial charge in [0.05, 0.1) is 13.3 Å². The molecule has 146 valence electrons. The SMILES string of the molecule is CN1CN([C@@H]2O[C@H](CO)[C@@H](OP(=O)(O)O)[C@H]2O)c2nc(=O)n(C)c(N)c21. The zero-order valence-electron chi connectivity index (χ0n) is 14.0. The molecule has 0 radical (unpaired) electrons. The molecule has 4 atom stereocenters. The third-order valence-electron chi connectivity index (χ3n) is 4.38. The summed E-state index contributed by atoms with van der Waals surface area (Å²) in [6.07, 6.45) is -5.33. The number of aromatic nitrogens is 2. The van der Waals surface area contributed by atoms with Crippen LogP contribution in [0.15, 0.2) is 4.79 Å². The number of aliphatic hydroxyl groups is 2. The molecule has 1 saturated heterocycles. The molecule has 2 aliphatic heterocycles. The van der Waals surface area contributed by atoms with Crippen LogP contribution in [0.25, 0.3) is 0 Å². The fraction of sp³-hybridized carbons (Fsp3) is 0.667. The predicted octanol–water partition coefficient (Wildman–Crippen LogP) is -2.87. The van der Waals surface area contributed by atoms with Gasteiger partial charge in [-0.15, -0.1) is 0 Å². The molecule has 26 heavy (non-hydrogen) atoms. The summed E-state index contributed by atoms with van der Waals surface area (Å²) in [4.78, 5) is 37.0. The predicted molar refractivity (Wildman–Crippen MR) is 88.3 cm³/mol. The summed E-state index contributed by atoms with van der Waals surface area (Å²) in [5.41, 5.74) is 5.80. The first-order valence-electron chi connectivity index (χ1n) is 7.57. The van der Waals surface area contributed by atoms with Crippen LogP contribution in [-0.4, -0.2) is 74.4 Å². The van der Waals surface area contributed by atoms with Gasteiger partial charge in [0.2, 0.25) is 0 Å². The molecule has 0 amide bonds. The summed E-state index contributed by atoms with van der Waals surface area (Å²) < 4.78 is 22.4. The summed E-state index contributed by atoms with van der Waals surface area (Å²) in [6.45, 7) is -0.501. The highest BCUT2D eigenvalue weighted by molar-refractivity contribution is 7.46. The van der Waals surface area contributed by atoms with E-state index in [9.17, 15) is 19.6 Å². The van der Waals surface area contributed by atoms with E-state index in [4.69, 9.17) is 20.3 Å². The Bertz CT molecular complexity index is 812. The Morgan fingerprint density at radius 3 is 2.65 bits per heavy atom. The van der Waals surface area contributed by atoms with Gasteiger partial charge in [-0.3, -0.25) is 9.09 Å². The summed E-state index contributed by atoms with van der Waals surface area (Å²) >= 11 is 0. The van der Waals surface area contributed by atoms with Crippen LogP contribution in [0.4, 0.5) is 17.3 Å². The molecule has 0 unspecified atom stereocenters. The number of hydrogen-bond acceptors (Lipinski definition) is 10. The first kappa shape index (κ1) is 19.0. The summed E-state index contributed by atoms with van der Waals surface area (Å²) in [6, 6.07) is 0. The van der Waals surface area contributed by atoms with E-state index in [2.05, 4.69) is 9.51 Å². The van der Waals surface area contributed by atoms with E-state index in [0.29, 0.717) is 5.69 Å². The van der Waals surface area contributed by atoms with Crippen molar-refractivity contribution in [3.63, 3.8) is 0 Å². The standard InChI is InChI=1S/C12H20N5O8P/c1-15-4-17(10-6(15)9(13)16(2)12(20)14-10)11-7(19)8(5(3-18)24-11)25-26(21,22)23/h5,7-8,11,18-19H,3-4,13H2,1-2H3,(H2,21,22,23)/t5-,7-,8-,11-/m1/s1. The van der Waals surface area contributed by atoms with Crippen LogP contribution in [-0.2, 0) is 20.9 Å². The Morgan fingerprint density at radius 2 is 2.08 bits per heavy atom. The average molecular weight is 393 g/mol. The molecular weight excluding hydrogens is 373 g/mol. The maximum atomic E-state index is 12.0. The number of anilines is 3. The molecule has 14 heteroatoms. The molecule has 1 aromatic heterocycles. The fourth-order valence-electron chi connectivity index (χ4n) is 3.14. The third kappa shape index (κ3) is 3.07. The van der Waals surface area contributed by atoms with Crippen LogP contribution in [0.1, 0.15) is 0 Å². The largest absolute Gasteiger partial charge is 0.470 e. The van der Waals surface area contributed by atoms with Gasteiger partial charge in [-0.1, -0.05) is 0 Å². The van der Waals surface area contributed by atoms with E-state index >= 15 is 0 Å². The van der Waals surface area contributed by atoms with Crippen LogP contribution < -0.4 is 21.2 Å². The van der Waals surface area contributed by atoms with Gasteiger partial charge in [-0.25, -0.2) is 9.36 Å². The fourth-order valence-corrected chi connectivity index (χ4v) is 3.72. The van der Waals surface area contributed by atoms with E-state index in [1.807, 2.05) is 0 Å². The highest BCUT2D eigenvalue weighted by Crippen LogP contribution is 2.44. The first-order chi connectivity index (χ1) is 12.0. The van der Waals surface area contributed by atoms with E-state index in [1.54, 1.807) is 11.9 Å². The Balaban J connectivity index is 1.97. The Morgan fingerprint density at radius 1 is 1.42 bits per heavy atom. The molecule has 0 saturated carbocycles. The van der Waals surface area contributed by atoms with E-state index < -0.39 is 44.7 Å². The minimum absolute atomic E-state index is 0.137. The lowest BCUT2D eigenvalue weighted by Crippen LogP contribution is -2.46. The van der Waals surface area contributed by atoms with Crippen LogP contribution in [0.3, 0.4) is 0 Å². The van der Waals surface area contributed by atoms with E-state index in [1.165, 1.54) is 16.5 Å². The van der Waals surface area contributed by atoms with Crippen molar-refractivity contribution >= 4 is 25.1 Å². The topological polar surface area (TPSA) is 184 Å². The van der Waals surface area contributed by atoms with E-state index in [0.717, 1.165) is 0 Å². The van der Waals surface area contributed by atoms with Crippen molar-refractivity contribution in [3.05, 3.63) is 10.5 Å². The molecule has 0 spiro atoms. The average Bonchev–Trinajstić information content (AvgIpc) is 3.02. The van der Waals surface area contributed by atoms with Crippen molar-refractivity contribution in [2.45, 2.75) is 24.5 Å². The molecule has 1 aromatic rings. The summed E-state index contributed by atoms with van der Waals surface area (Å²) in [5.74, 6) is 0.324. The van der Waals surface area contributed by atoms with Gasteiger partial charge in [0.1, 0.15) is 29.8 Å². The molecule has 0 bridgehead atoms. The second-order valence-corrected chi connectivity index (χ2v) is 7.31. The van der Waals surface area contributed by atoms with Crippen LogP contribution >= 0.6 is 7.82 Å². The molecule has 13 nitrogen and oxygen atoms in total. The van der Waals surface area contributed by atoms with Gasteiger partial charge in [0.25, 0.3) is 0 Å². The number of phosphoric acid groups is 1. The molecule has 6 N–H and O–H groups in total. The maximum Gasteiger partial charge on any atom is 0.470 e. The Hall–Kier alpha value is -1.73. The second-order valence-electron chi connectivity index (χ2n) is 6.12. The zero-order valence-corrected chi connectivity index (χ0v) is 14.9. The molecule has 0 aromatic carbocycles. The van der Waals surface area contributed by atoms with Gasteiger partial charge in [0, 0.05) is 14.1 Å². The van der Waals surface area contributed by atoms with Gasteiger partial charge in [-0.2, -0.15) is 4.98 Å². The summed E-state index contributed by atoms with van der Waals surface area (Å²) in [7, 11) is -1.77. The van der Waals surface area contributed by atoms with Gasteiger partial charge in [-0.05, 0) is 0 Å². The van der Waals surface area contributed by atoms with Crippen molar-refractivity contribution in [1.82, 2.24) is 9.55 Å². The minimum atomic E-state index is -4.93. The lowest BCUT2D eigenvalue weighted by Gasteiger charge is -2.27. The van der Waals surface area contributed by atoms with Crippen molar-refractivity contribution in [2.75, 3.05) is 35.9 Å². The van der Waals surface area contributed by atoms with Crippen molar-refractivity contribution in [3.8, 4) is 0 Å². The monoisotopic (exact) mass is 393 g/mol. The number of aliphatic hydroxyl groups excluding tert-OH is 2. The van der Waals surface area contributed by atoms with Crippen LogP contribution in [0, 0.1) is 0 Å². The number of hydrogen-bond donors (Lipinski definition) is 5. The molecule has 3 heterocycles. The maximum absolute atomic E-state index is 12.0. The number of ether oxygens (including phenoxy) is 1. The number of nitrogens with two attached hydrogens (primary N) is 1. The van der Waals surface area contributed by atoms with Crippen LogP contribution in [0.2, 0.25) is 0 Å². The normalized spacial score (nSPS) is 28.7. The number of nitrogens with zero attached hydrogens (tertiary/aromatic N) is 4. The van der Waals surface area contributed by atoms with E-state index in [-0.39, 0.29) is 18.3 Å². The smallest absolute Gasteiger partial charge is 0.394 e. The van der Waals surface area contributed by atoms with Crippen molar-refractivity contribution in [1.29, 1.82) is 0 Å². The van der Waals surface area contributed by atoms with Gasteiger partial charge >= 0.3 is 13.5 Å². The van der Waals surface area contributed by atoms with Gasteiger partial charge in [0.15, 0.2) is 12.0 Å².